The molecule has 0 amide bonds. The molecule has 0 spiro atoms. The van der Waals surface area contributed by atoms with Gasteiger partial charge in [-0.25, -0.2) is 9.78 Å². The summed E-state index contributed by atoms with van der Waals surface area (Å²) in [5, 5.41) is 20.0. The molecule has 2 heterocycles. The number of fused-ring (bicyclic) bond motifs is 1. The van der Waals surface area contributed by atoms with Crippen LogP contribution in [0.4, 0.5) is 5.82 Å². The van der Waals surface area contributed by atoms with Crippen molar-refractivity contribution < 1.29 is 19.4 Å². The summed E-state index contributed by atoms with van der Waals surface area (Å²) in [5.41, 5.74) is 0.985. The molecular weight excluding hydrogens is 370 g/mol. The molecular formula is C22H23N3O4. The number of benzene rings is 1. The third-order valence-corrected chi connectivity index (χ3v) is 5.83. The number of pyridine rings is 1. The van der Waals surface area contributed by atoms with E-state index in [2.05, 4.69) is 16.0 Å². The fourth-order valence-corrected chi connectivity index (χ4v) is 4.42. The number of methoxy groups -OCH3 is 1. The van der Waals surface area contributed by atoms with Crippen molar-refractivity contribution in [2.45, 2.75) is 25.0 Å². The van der Waals surface area contributed by atoms with E-state index >= 15 is 0 Å². The molecule has 4 rings (SSSR count). The average Bonchev–Trinajstić information content (AvgIpc) is 3.16. The standard InChI is InChI=1S/C22H23N3O4/c1-28-22(27)14-4-2-6-18(8-14)29-20-10-17-13-25(12-16(17)9-19(20)26)21-15(11-23)5-3-7-24-21/h2-8,16-17,19-20,26H,9-10,12-13H2,1H3/t16-,17+,19+,20+/m0/s1. The van der Waals surface area contributed by atoms with Gasteiger partial charge in [-0.3, -0.25) is 0 Å². The highest BCUT2D eigenvalue weighted by Crippen LogP contribution is 2.39. The maximum Gasteiger partial charge on any atom is 0.337 e. The Hall–Kier alpha value is -3.11. The first-order chi connectivity index (χ1) is 14.1. The van der Waals surface area contributed by atoms with Crippen molar-refractivity contribution >= 4 is 11.8 Å². The Balaban J connectivity index is 1.46. The first-order valence-corrected chi connectivity index (χ1v) is 9.72. The number of rotatable bonds is 4. The lowest BCUT2D eigenvalue weighted by Crippen LogP contribution is -2.42. The zero-order chi connectivity index (χ0) is 20.4. The number of anilines is 1. The summed E-state index contributed by atoms with van der Waals surface area (Å²) >= 11 is 0. The van der Waals surface area contributed by atoms with Gasteiger partial charge in [0.1, 0.15) is 23.7 Å². The van der Waals surface area contributed by atoms with Crippen LogP contribution in [0.25, 0.3) is 0 Å². The molecule has 1 aliphatic carbocycles. The van der Waals surface area contributed by atoms with Crippen LogP contribution < -0.4 is 9.64 Å². The first-order valence-electron chi connectivity index (χ1n) is 9.72. The second kappa shape index (κ2) is 8.10. The molecule has 1 aromatic carbocycles. The number of hydrogen-bond donors (Lipinski definition) is 1. The van der Waals surface area contributed by atoms with E-state index in [9.17, 15) is 15.2 Å². The van der Waals surface area contributed by atoms with Crippen LogP contribution in [0.5, 0.6) is 5.75 Å². The van der Waals surface area contributed by atoms with Gasteiger partial charge in [0.15, 0.2) is 0 Å². The maximum atomic E-state index is 11.7. The molecule has 1 aromatic heterocycles. The van der Waals surface area contributed by atoms with Crippen molar-refractivity contribution in [3.63, 3.8) is 0 Å². The van der Waals surface area contributed by atoms with Crippen molar-refractivity contribution in [2.75, 3.05) is 25.1 Å². The van der Waals surface area contributed by atoms with E-state index < -0.39 is 12.1 Å². The lowest BCUT2D eigenvalue weighted by Gasteiger charge is -2.35. The third kappa shape index (κ3) is 3.89. The van der Waals surface area contributed by atoms with Gasteiger partial charge in [0.2, 0.25) is 0 Å². The van der Waals surface area contributed by atoms with Gasteiger partial charge in [-0.05, 0) is 55.0 Å². The molecule has 1 aliphatic heterocycles. The van der Waals surface area contributed by atoms with Crippen LogP contribution in [0.15, 0.2) is 42.6 Å². The van der Waals surface area contributed by atoms with Crippen molar-refractivity contribution in [3.8, 4) is 11.8 Å². The highest BCUT2D eigenvalue weighted by molar-refractivity contribution is 5.89. The number of ether oxygens (including phenoxy) is 2. The second-order valence-electron chi connectivity index (χ2n) is 7.63. The SMILES string of the molecule is COC(=O)c1cccc(O[C@@H]2C[C@@H]3CN(c4ncccc4C#N)C[C@@H]3C[C@H]2O)c1. The molecule has 2 aromatic rings. The van der Waals surface area contributed by atoms with E-state index in [-0.39, 0.29) is 6.10 Å². The molecule has 2 fully saturated rings. The summed E-state index contributed by atoms with van der Waals surface area (Å²) in [6.45, 7) is 1.56. The molecule has 29 heavy (non-hydrogen) atoms. The van der Waals surface area contributed by atoms with E-state index in [4.69, 9.17) is 9.47 Å². The topological polar surface area (TPSA) is 95.7 Å². The number of carbonyl (C=O) groups is 1. The van der Waals surface area contributed by atoms with Crippen LogP contribution in [0.3, 0.4) is 0 Å². The summed E-state index contributed by atoms with van der Waals surface area (Å²) < 4.78 is 10.8. The van der Waals surface area contributed by atoms with Crippen molar-refractivity contribution in [2.24, 2.45) is 11.8 Å². The Bertz CT molecular complexity index is 942. The molecule has 0 unspecified atom stereocenters. The van der Waals surface area contributed by atoms with Crippen molar-refractivity contribution in [1.82, 2.24) is 4.98 Å². The zero-order valence-corrected chi connectivity index (χ0v) is 16.2. The van der Waals surface area contributed by atoms with Gasteiger partial charge in [-0.1, -0.05) is 6.07 Å². The number of aliphatic hydroxyl groups excluding tert-OH is 1. The van der Waals surface area contributed by atoms with E-state index in [1.807, 2.05) is 0 Å². The number of nitrogens with zero attached hydrogens (tertiary/aromatic N) is 3. The summed E-state index contributed by atoms with van der Waals surface area (Å²) in [4.78, 5) is 18.3. The predicted molar refractivity (Wildman–Crippen MR) is 106 cm³/mol. The number of carbonyl (C=O) groups excluding carboxylic acids is 1. The van der Waals surface area contributed by atoms with Crippen molar-refractivity contribution in [3.05, 3.63) is 53.7 Å². The van der Waals surface area contributed by atoms with E-state index in [0.717, 1.165) is 13.1 Å². The molecule has 2 aliphatic rings. The first kappa shape index (κ1) is 19.2. The highest BCUT2D eigenvalue weighted by atomic mass is 16.5. The van der Waals surface area contributed by atoms with Crippen LogP contribution in [0.1, 0.15) is 28.8 Å². The Morgan fingerprint density at radius 1 is 1.24 bits per heavy atom. The molecule has 7 heteroatoms. The molecule has 0 bridgehead atoms. The fourth-order valence-electron chi connectivity index (χ4n) is 4.42. The van der Waals surface area contributed by atoms with Gasteiger partial charge in [-0.15, -0.1) is 0 Å². The second-order valence-corrected chi connectivity index (χ2v) is 7.63. The van der Waals surface area contributed by atoms with Crippen LogP contribution in [0.2, 0.25) is 0 Å². The third-order valence-electron chi connectivity index (χ3n) is 5.83. The number of aromatic nitrogens is 1. The van der Waals surface area contributed by atoms with Crippen LogP contribution in [-0.2, 0) is 4.74 Å². The zero-order valence-electron chi connectivity index (χ0n) is 16.2. The molecule has 150 valence electrons. The summed E-state index contributed by atoms with van der Waals surface area (Å²) in [6, 6.07) is 12.6. The Morgan fingerprint density at radius 2 is 2.03 bits per heavy atom. The van der Waals surface area contributed by atoms with Gasteiger partial charge in [0.05, 0.1) is 24.3 Å². The molecule has 1 saturated carbocycles. The maximum absolute atomic E-state index is 11.7. The average molecular weight is 393 g/mol. The van der Waals surface area contributed by atoms with Crippen LogP contribution in [-0.4, -0.2) is 48.5 Å². The number of nitriles is 1. The van der Waals surface area contributed by atoms with Crippen molar-refractivity contribution in [1.29, 1.82) is 5.26 Å². The molecule has 1 saturated heterocycles. The van der Waals surface area contributed by atoms with Gasteiger partial charge < -0.3 is 19.5 Å². The lowest BCUT2D eigenvalue weighted by molar-refractivity contribution is -0.0231. The van der Waals surface area contributed by atoms with E-state index in [1.165, 1.54) is 7.11 Å². The number of aliphatic hydroxyl groups is 1. The smallest absolute Gasteiger partial charge is 0.337 e. The minimum absolute atomic E-state index is 0.333. The molecule has 0 radical (unpaired) electrons. The summed E-state index contributed by atoms with van der Waals surface area (Å²) in [5.74, 6) is 1.51. The quantitative estimate of drug-likeness (QED) is 0.797. The largest absolute Gasteiger partial charge is 0.488 e. The Morgan fingerprint density at radius 3 is 2.79 bits per heavy atom. The fraction of sp³-hybridized carbons (Fsp3) is 0.409. The van der Waals surface area contributed by atoms with Gasteiger partial charge in [0.25, 0.3) is 0 Å². The number of esters is 1. The molecule has 4 atom stereocenters. The summed E-state index contributed by atoms with van der Waals surface area (Å²) in [6.07, 6.45) is 2.12. The number of hydrogen-bond acceptors (Lipinski definition) is 7. The lowest BCUT2D eigenvalue weighted by atomic mass is 9.78. The van der Waals surface area contributed by atoms with Crippen LogP contribution >= 0.6 is 0 Å². The van der Waals surface area contributed by atoms with E-state index in [1.54, 1.807) is 42.6 Å². The predicted octanol–water partition coefficient (Wildman–Crippen LogP) is 2.39. The van der Waals surface area contributed by atoms with Crippen LogP contribution in [0, 0.1) is 23.2 Å². The van der Waals surface area contributed by atoms with Gasteiger partial charge in [0, 0.05) is 19.3 Å². The minimum atomic E-state index is -0.586. The normalized spacial score (nSPS) is 25.8. The minimum Gasteiger partial charge on any atom is -0.488 e. The van der Waals surface area contributed by atoms with Gasteiger partial charge >= 0.3 is 5.97 Å². The monoisotopic (exact) mass is 393 g/mol. The Labute approximate surface area is 169 Å². The molecule has 1 N–H and O–H groups in total. The van der Waals surface area contributed by atoms with E-state index in [0.29, 0.717) is 47.4 Å². The summed E-state index contributed by atoms with van der Waals surface area (Å²) in [7, 11) is 1.34. The highest BCUT2D eigenvalue weighted by Gasteiger charge is 2.43. The van der Waals surface area contributed by atoms with Gasteiger partial charge in [-0.2, -0.15) is 5.26 Å². The Kier molecular flexibility index (Phi) is 5.36. The molecule has 7 nitrogen and oxygen atoms in total.